The second-order valence-corrected chi connectivity index (χ2v) is 10.0. The highest BCUT2D eigenvalue weighted by Crippen LogP contribution is 2.48. The Morgan fingerprint density at radius 1 is 0.789 bits per heavy atom. The number of fused-ring (bicyclic) bond motifs is 1. The van der Waals surface area contributed by atoms with Crippen LogP contribution in [0.2, 0.25) is 0 Å². The lowest BCUT2D eigenvalue weighted by atomic mass is 9.70. The van der Waals surface area contributed by atoms with Gasteiger partial charge in [-0.15, -0.1) is 0 Å². The third-order valence-electron chi connectivity index (χ3n) is 7.27. The van der Waals surface area contributed by atoms with Gasteiger partial charge in [-0.05, 0) is 48.5 Å². The van der Waals surface area contributed by atoms with Gasteiger partial charge in [0.25, 0.3) is 0 Å². The van der Waals surface area contributed by atoms with Crippen LogP contribution < -0.4 is 4.74 Å². The number of methoxy groups -OCH3 is 1. The zero-order valence-electron chi connectivity index (χ0n) is 22.2. The molecule has 0 spiro atoms. The topological polar surface area (TPSA) is 45.6 Å². The first-order chi connectivity index (χ1) is 18.5. The molecule has 2 atom stereocenters. The maximum Gasteiger partial charge on any atom is 0.217 e. The molecular weight excluding hydrogens is 468 g/mol. The number of benzene rings is 4. The smallest absolute Gasteiger partial charge is 0.217 e. The average Bonchev–Trinajstić information content (AvgIpc) is 2.97. The number of nitrogens with zero attached hydrogens (tertiary/aromatic N) is 2. The van der Waals surface area contributed by atoms with E-state index in [1.807, 2.05) is 86.9 Å². The van der Waals surface area contributed by atoms with E-state index in [4.69, 9.17) is 9.72 Å². The fourth-order valence-electron chi connectivity index (χ4n) is 5.39. The maximum absolute atomic E-state index is 13.0. The molecule has 2 unspecified atom stereocenters. The molecule has 5 aromatic rings. The van der Waals surface area contributed by atoms with Crippen molar-refractivity contribution in [2.24, 2.45) is 0 Å². The number of hydrogen-bond acceptors (Lipinski definition) is 4. The molecule has 0 radical (unpaired) electrons. The van der Waals surface area contributed by atoms with Crippen molar-refractivity contribution in [3.8, 4) is 17.1 Å². The number of aliphatic hydroxyl groups is 1. The molecule has 5 rings (SSSR count). The van der Waals surface area contributed by atoms with E-state index < -0.39 is 11.5 Å². The van der Waals surface area contributed by atoms with E-state index in [-0.39, 0.29) is 0 Å². The first-order valence-electron chi connectivity index (χ1n) is 13.0. The van der Waals surface area contributed by atoms with Gasteiger partial charge in [0, 0.05) is 23.6 Å². The predicted octanol–water partition coefficient (Wildman–Crippen LogP) is 6.88. The summed E-state index contributed by atoms with van der Waals surface area (Å²) in [5.41, 5.74) is 3.38. The van der Waals surface area contributed by atoms with Gasteiger partial charge in [-0.1, -0.05) is 109 Å². The van der Waals surface area contributed by atoms with Gasteiger partial charge in [0.1, 0.15) is 5.60 Å². The fourth-order valence-corrected chi connectivity index (χ4v) is 5.39. The Labute approximate surface area is 225 Å². The summed E-state index contributed by atoms with van der Waals surface area (Å²) in [6.07, 6.45) is 0.525. The van der Waals surface area contributed by atoms with Gasteiger partial charge in [-0.25, -0.2) is 4.98 Å². The van der Waals surface area contributed by atoms with Crippen molar-refractivity contribution in [1.82, 2.24) is 9.88 Å². The third kappa shape index (κ3) is 5.06. The van der Waals surface area contributed by atoms with Crippen LogP contribution in [0.3, 0.4) is 0 Å². The molecule has 0 amide bonds. The lowest BCUT2D eigenvalue weighted by Gasteiger charge is -2.39. The molecule has 0 bridgehead atoms. The molecule has 1 N–H and O–H groups in total. The Bertz CT molecular complexity index is 1500. The van der Waals surface area contributed by atoms with E-state index in [1.165, 1.54) is 0 Å². The summed E-state index contributed by atoms with van der Waals surface area (Å²) in [4.78, 5) is 7.05. The second-order valence-electron chi connectivity index (χ2n) is 10.0. The van der Waals surface area contributed by atoms with Crippen LogP contribution in [-0.4, -0.2) is 42.7 Å². The van der Waals surface area contributed by atoms with E-state index in [0.29, 0.717) is 18.8 Å². The molecule has 1 aromatic heterocycles. The molecule has 0 aliphatic carbocycles. The van der Waals surface area contributed by atoms with Crippen LogP contribution >= 0.6 is 0 Å². The Kier molecular flexibility index (Phi) is 7.54. The highest BCUT2D eigenvalue weighted by Gasteiger charge is 2.43. The van der Waals surface area contributed by atoms with Crippen LogP contribution in [0.15, 0.2) is 115 Å². The molecule has 0 aliphatic heterocycles. The van der Waals surface area contributed by atoms with E-state index >= 15 is 0 Å². The van der Waals surface area contributed by atoms with Gasteiger partial charge < -0.3 is 14.7 Å². The molecule has 4 nitrogen and oxygen atoms in total. The lowest BCUT2D eigenvalue weighted by Crippen LogP contribution is -2.38. The summed E-state index contributed by atoms with van der Waals surface area (Å²) >= 11 is 0. The Hall–Kier alpha value is -3.99. The first kappa shape index (κ1) is 25.7. The minimum absolute atomic E-state index is 0.415. The summed E-state index contributed by atoms with van der Waals surface area (Å²) in [6.45, 7) is 0.709. The predicted molar refractivity (Wildman–Crippen MR) is 156 cm³/mol. The summed E-state index contributed by atoms with van der Waals surface area (Å²) in [6, 6.07) is 38.9. The number of hydrogen-bond donors (Lipinski definition) is 1. The van der Waals surface area contributed by atoms with Crippen LogP contribution in [0.25, 0.3) is 22.0 Å². The molecule has 38 heavy (non-hydrogen) atoms. The molecule has 0 saturated carbocycles. The number of ether oxygens (including phenoxy) is 1. The summed E-state index contributed by atoms with van der Waals surface area (Å²) in [5.74, 6) is 0.102. The second kappa shape index (κ2) is 11.2. The van der Waals surface area contributed by atoms with E-state index in [2.05, 4.69) is 47.4 Å². The van der Waals surface area contributed by atoms with Crippen LogP contribution in [0.4, 0.5) is 0 Å². The average molecular weight is 503 g/mol. The Balaban J connectivity index is 1.76. The Morgan fingerprint density at radius 2 is 1.45 bits per heavy atom. The Morgan fingerprint density at radius 3 is 2.16 bits per heavy atom. The highest BCUT2D eigenvalue weighted by atomic mass is 16.5. The number of pyridine rings is 1. The highest BCUT2D eigenvalue weighted by molar-refractivity contribution is 5.86. The van der Waals surface area contributed by atoms with Crippen molar-refractivity contribution in [2.45, 2.75) is 17.9 Å². The normalized spacial score (nSPS) is 13.8. The van der Waals surface area contributed by atoms with Crippen LogP contribution in [0, 0.1) is 0 Å². The number of aromatic nitrogens is 1. The quantitative estimate of drug-likeness (QED) is 0.239. The monoisotopic (exact) mass is 502 g/mol. The van der Waals surface area contributed by atoms with Crippen LogP contribution in [0.1, 0.15) is 29.0 Å². The van der Waals surface area contributed by atoms with E-state index in [1.54, 1.807) is 7.11 Å². The van der Waals surface area contributed by atoms with Gasteiger partial charge >= 0.3 is 0 Å². The lowest BCUT2D eigenvalue weighted by molar-refractivity contribution is 0.00516. The van der Waals surface area contributed by atoms with Gasteiger partial charge in [-0.3, -0.25) is 0 Å². The van der Waals surface area contributed by atoms with Gasteiger partial charge in [0.05, 0.1) is 12.8 Å². The summed E-state index contributed by atoms with van der Waals surface area (Å²) < 4.78 is 5.92. The zero-order valence-corrected chi connectivity index (χ0v) is 22.2. The summed E-state index contributed by atoms with van der Waals surface area (Å²) in [7, 11) is 5.73. The molecule has 0 fully saturated rings. The van der Waals surface area contributed by atoms with Crippen LogP contribution in [-0.2, 0) is 5.60 Å². The molecule has 192 valence electrons. The van der Waals surface area contributed by atoms with Gasteiger partial charge in [0.15, 0.2) is 0 Å². The van der Waals surface area contributed by atoms with Crippen molar-refractivity contribution < 1.29 is 9.84 Å². The van der Waals surface area contributed by atoms with Crippen LogP contribution in [0.5, 0.6) is 5.88 Å². The maximum atomic E-state index is 13.0. The molecule has 1 heterocycles. The minimum Gasteiger partial charge on any atom is -0.481 e. The van der Waals surface area contributed by atoms with Crippen molar-refractivity contribution >= 4 is 10.8 Å². The molecule has 0 aliphatic rings. The van der Waals surface area contributed by atoms with E-state index in [0.717, 1.165) is 38.7 Å². The standard InChI is InChI=1S/C34H34N2O2/c1-36(2)24-23-34(37,30-20-12-18-25-13-10-11-19-28(25)30)32(27-16-8-5-9-17-27)29-21-22-31(35-33(29)38-3)26-14-6-4-7-15-26/h4-22,32,37H,23-24H2,1-3H3. The zero-order chi connectivity index (χ0) is 26.5. The summed E-state index contributed by atoms with van der Waals surface area (Å²) in [5, 5.41) is 15.1. The van der Waals surface area contributed by atoms with Crippen molar-refractivity contribution in [2.75, 3.05) is 27.7 Å². The van der Waals surface area contributed by atoms with Crippen molar-refractivity contribution in [1.29, 1.82) is 0 Å². The minimum atomic E-state index is -1.24. The number of rotatable bonds is 9. The largest absolute Gasteiger partial charge is 0.481 e. The van der Waals surface area contributed by atoms with Gasteiger partial charge in [-0.2, -0.15) is 0 Å². The fraction of sp³-hybridized carbons (Fsp3) is 0.206. The SMILES string of the molecule is COc1nc(-c2ccccc2)ccc1C(c1ccccc1)C(O)(CCN(C)C)c1cccc2ccccc12. The van der Waals surface area contributed by atoms with E-state index in [9.17, 15) is 5.11 Å². The molecular formula is C34H34N2O2. The molecule has 4 heteroatoms. The molecule has 4 aromatic carbocycles. The first-order valence-corrected chi connectivity index (χ1v) is 13.0. The van der Waals surface area contributed by atoms with Crippen molar-refractivity contribution in [3.63, 3.8) is 0 Å². The van der Waals surface area contributed by atoms with Gasteiger partial charge in [0.2, 0.25) is 5.88 Å². The molecule has 0 saturated heterocycles. The van der Waals surface area contributed by atoms with Crippen molar-refractivity contribution in [3.05, 3.63) is 132 Å². The third-order valence-corrected chi connectivity index (χ3v) is 7.27.